The number of amides is 1. The van der Waals surface area contributed by atoms with Gasteiger partial charge in [-0.15, -0.1) is 12.4 Å². The van der Waals surface area contributed by atoms with E-state index in [0.717, 1.165) is 38.3 Å². The van der Waals surface area contributed by atoms with Gasteiger partial charge in [0.05, 0.1) is 17.4 Å². The molecule has 1 aliphatic rings. The van der Waals surface area contributed by atoms with Gasteiger partial charge >= 0.3 is 0 Å². The number of rotatable bonds is 2. The zero-order valence-corrected chi connectivity index (χ0v) is 12.6. The highest BCUT2D eigenvalue weighted by molar-refractivity contribution is 5.93. The first-order chi connectivity index (χ1) is 9.84. The van der Waals surface area contributed by atoms with Crippen molar-refractivity contribution in [1.29, 1.82) is 0 Å². The molecule has 3 rings (SSSR count). The Hall–Kier alpha value is -1.85. The van der Waals surface area contributed by atoms with Crippen LogP contribution in [0.1, 0.15) is 16.8 Å². The Bertz CT molecular complexity index is 576. The second kappa shape index (κ2) is 7.24. The zero-order valence-electron chi connectivity index (χ0n) is 11.7. The van der Waals surface area contributed by atoms with E-state index in [1.165, 1.54) is 0 Å². The number of hydrogen-bond donors (Lipinski definition) is 1. The van der Waals surface area contributed by atoms with Crippen molar-refractivity contribution in [3.05, 3.63) is 48.3 Å². The number of halogens is 1. The number of carbonyl (C=O) groups is 1. The van der Waals surface area contributed by atoms with Gasteiger partial charge in [0.25, 0.3) is 5.91 Å². The summed E-state index contributed by atoms with van der Waals surface area (Å²) < 4.78 is 1.74. The zero-order chi connectivity index (χ0) is 13.8. The number of nitrogens with one attached hydrogen (secondary N) is 1. The van der Waals surface area contributed by atoms with Gasteiger partial charge in [-0.05, 0) is 25.1 Å². The third-order valence-corrected chi connectivity index (χ3v) is 3.48. The van der Waals surface area contributed by atoms with Crippen molar-refractivity contribution in [1.82, 2.24) is 20.0 Å². The molecule has 1 aromatic heterocycles. The Morgan fingerprint density at radius 3 is 2.76 bits per heavy atom. The summed E-state index contributed by atoms with van der Waals surface area (Å²) >= 11 is 0. The van der Waals surface area contributed by atoms with Gasteiger partial charge in [-0.1, -0.05) is 18.2 Å². The fraction of sp³-hybridized carbons (Fsp3) is 0.333. The quantitative estimate of drug-likeness (QED) is 0.919. The standard InChI is InChI=1S/C15H18N4O.ClH/c20-15(18-9-4-7-16-8-10-18)13-11-17-19(12-13)14-5-2-1-3-6-14;/h1-3,5-6,11-12,16H,4,7-10H2;1H. The van der Waals surface area contributed by atoms with Gasteiger partial charge < -0.3 is 10.2 Å². The molecule has 1 fully saturated rings. The van der Waals surface area contributed by atoms with Crippen LogP contribution in [0.15, 0.2) is 42.7 Å². The van der Waals surface area contributed by atoms with E-state index in [4.69, 9.17) is 0 Å². The molecule has 21 heavy (non-hydrogen) atoms. The van der Waals surface area contributed by atoms with Crippen molar-refractivity contribution in [2.45, 2.75) is 6.42 Å². The van der Waals surface area contributed by atoms with Crippen molar-refractivity contribution >= 4 is 18.3 Å². The molecule has 2 aromatic rings. The summed E-state index contributed by atoms with van der Waals surface area (Å²) in [5, 5.41) is 7.58. The smallest absolute Gasteiger partial charge is 0.257 e. The number of aromatic nitrogens is 2. The fourth-order valence-corrected chi connectivity index (χ4v) is 2.39. The van der Waals surface area contributed by atoms with Crippen LogP contribution in [0.2, 0.25) is 0 Å². The van der Waals surface area contributed by atoms with Crippen LogP contribution in [-0.2, 0) is 0 Å². The largest absolute Gasteiger partial charge is 0.337 e. The molecule has 1 saturated heterocycles. The van der Waals surface area contributed by atoms with Crippen LogP contribution < -0.4 is 5.32 Å². The summed E-state index contributed by atoms with van der Waals surface area (Å²) in [6.45, 7) is 3.41. The average Bonchev–Trinajstić information content (AvgIpc) is 2.83. The minimum Gasteiger partial charge on any atom is -0.337 e. The van der Waals surface area contributed by atoms with Gasteiger partial charge in [0.15, 0.2) is 0 Å². The molecule has 1 aliphatic heterocycles. The topological polar surface area (TPSA) is 50.2 Å². The Labute approximate surface area is 130 Å². The summed E-state index contributed by atoms with van der Waals surface area (Å²) in [6, 6.07) is 9.81. The van der Waals surface area contributed by atoms with Crippen molar-refractivity contribution in [3.63, 3.8) is 0 Å². The second-order valence-electron chi connectivity index (χ2n) is 4.90. The Morgan fingerprint density at radius 2 is 1.95 bits per heavy atom. The molecular formula is C15H19ClN4O. The van der Waals surface area contributed by atoms with Gasteiger partial charge in [-0.25, -0.2) is 4.68 Å². The molecule has 0 atom stereocenters. The monoisotopic (exact) mass is 306 g/mol. The summed E-state index contributed by atoms with van der Waals surface area (Å²) in [5.74, 6) is 0.0656. The van der Waals surface area contributed by atoms with Crippen LogP contribution in [0.5, 0.6) is 0 Å². The van der Waals surface area contributed by atoms with Gasteiger partial charge in [0.1, 0.15) is 0 Å². The van der Waals surface area contributed by atoms with E-state index in [2.05, 4.69) is 10.4 Å². The molecule has 6 heteroatoms. The normalized spacial score (nSPS) is 15.1. The lowest BCUT2D eigenvalue weighted by atomic mass is 10.3. The lowest BCUT2D eigenvalue weighted by molar-refractivity contribution is 0.0766. The predicted octanol–water partition coefficient (Wildman–Crippen LogP) is 1.73. The molecule has 112 valence electrons. The Morgan fingerprint density at radius 1 is 1.14 bits per heavy atom. The SMILES string of the molecule is Cl.O=C(c1cnn(-c2ccccc2)c1)N1CCCNCC1. The minimum atomic E-state index is 0. The molecule has 0 spiro atoms. The van der Waals surface area contributed by atoms with Gasteiger partial charge in [0.2, 0.25) is 0 Å². The molecule has 0 aliphatic carbocycles. The molecule has 1 amide bonds. The third-order valence-electron chi connectivity index (χ3n) is 3.48. The molecule has 0 unspecified atom stereocenters. The first-order valence-electron chi connectivity index (χ1n) is 6.95. The van der Waals surface area contributed by atoms with E-state index >= 15 is 0 Å². The molecule has 0 radical (unpaired) electrons. The van der Waals surface area contributed by atoms with Crippen LogP contribution >= 0.6 is 12.4 Å². The summed E-state index contributed by atoms with van der Waals surface area (Å²) in [7, 11) is 0. The van der Waals surface area contributed by atoms with Crippen molar-refractivity contribution in [2.75, 3.05) is 26.2 Å². The molecule has 0 bridgehead atoms. The number of benzene rings is 1. The highest BCUT2D eigenvalue weighted by atomic mass is 35.5. The minimum absolute atomic E-state index is 0. The van der Waals surface area contributed by atoms with Gasteiger partial charge in [-0.2, -0.15) is 5.10 Å². The molecular weight excluding hydrogens is 288 g/mol. The van der Waals surface area contributed by atoms with Crippen molar-refractivity contribution in [2.24, 2.45) is 0 Å². The molecule has 1 aromatic carbocycles. The third kappa shape index (κ3) is 3.62. The summed E-state index contributed by atoms with van der Waals surface area (Å²) in [6.07, 6.45) is 4.45. The number of para-hydroxylation sites is 1. The maximum atomic E-state index is 12.4. The maximum absolute atomic E-state index is 12.4. The maximum Gasteiger partial charge on any atom is 0.257 e. The van der Waals surface area contributed by atoms with Crippen LogP contribution in [0.3, 0.4) is 0 Å². The highest BCUT2D eigenvalue weighted by Crippen LogP contribution is 2.10. The summed E-state index contributed by atoms with van der Waals surface area (Å²) in [4.78, 5) is 14.3. The van der Waals surface area contributed by atoms with E-state index in [1.54, 1.807) is 17.1 Å². The van der Waals surface area contributed by atoms with Gasteiger partial charge in [0, 0.05) is 25.8 Å². The Balaban J connectivity index is 0.00000161. The molecule has 5 nitrogen and oxygen atoms in total. The van der Waals surface area contributed by atoms with E-state index < -0.39 is 0 Å². The summed E-state index contributed by atoms with van der Waals surface area (Å²) in [5.41, 5.74) is 1.61. The molecule has 0 saturated carbocycles. The fourth-order valence-electron chi connectivity index (χ4n) is 2.39. The first-order valence-corrected chi connectivity index (χ1v) is 6.95. The van der Waals surface area contributed by atoms with E-state index in [1.807, 2.05) is 35.2 Å². The lowest BCUT2D eigenvalue weighted by Gasteiger charge is -2.18. The van der Waals surface area contributed by atoms with E-state index in [-0.39, 0.29) is 18.3 Å². The highest BCUT2D eigenvalue weighted by Gasteiger charge is 2.18. The van der Waals surface area contributed by atoms with Crippen LogP contribution in [-0.4, -0.2) is 46.8 Å². The molecule has 2 heterocycles. The Kier molecular flexibility index (Phi) is 5.36. The van der Waals surface area contributed by atoms with Crippen molar-refractivity contribution < 1.29 is 4.79 Å². The first kappa shape index (κ1) is 15.5. The molecule has 1 N–H and O–H groups in total. The van der Waals surface area contributed by atoms with E-state index in [0.29, 0.717) is 5.56 Å². The lowest BCUT2D eigenvalue weighted by Crippen LogP contribution is -2.33. The number of carbonyl (C=O) groups excluding carboxylic acids is 1. The average molecular weight is 307 g/mol. The van der Waals surface area contributed by atoms with Gasteiger partial charge in [-0.3, -0.25) is 4.79 Å². The number of hydrogen-bond acceptors (Lipinski definition) is 3. The number of nitrogens with zero attached hydrogens (tertiary/aromatic N) is 3. The van der Waals surface area contributed by atoms with Crippen LogP contribution in [0.4, 0.5) is 0 Å². The predicted molar refractivity (Wildman–Crippen MR) is 84.2 cm³/mol. The van der Waals surface area contributed by atoms with Crippen LogP contribution in [0, 0.1) is 0 Å². The second-order valence-corrected chi connectivity index (χ2v) is 4.90. The van der Waals surface area contributed by atoms with Crippen molar-refractivity contribution in [3.8, 4) is 5.69 Å². The van der Waals surface area contributed by atoms with Crippen LogP contribution in [0.25, 0.3) is 5.69 Å². The van der Waals surface area contributed by atoms with E-state index in [9.17, 15) is 4.79 Å².